The lowest BCUT2D eigenvalue weighted by Gasteiger charge is -2.33. The van der Waals surface area contributed by atoms with Crippen LogP contribution in [0.2, 0.25) is 0 Å². The van der Waals surface area contributed by atoms with E-state index in [-0.39, 0.29) is 23.6 Å². The van der Waals surface area contributed by atoms with Crippen molar-refractivity contribution in [3.8, 4) is 5.75 Å². The van der Waals surface area contributed by atoms with Crippen molar-refractivity contribution in [1.29, 1.82) is 0 Å². The SMILES string of the molecule is CCS(=O)(=O)N1CCC(C2=CNC3C2=CC(c2ccc(OC)c(CN4CCOCC4)c2)=CC3C(N)=O)CC1. The number of hydrogen-bond donors (Lipinski definition) is 2. The number of morpholine rings is 1. The zero-order valence-electron chi connectivity index (χ0n) is 22.2. The number of nitrogens with zero attached hydrogens (tertiary/aromatic N) is 2. The maximum atomic E-state index is 12.5. The largest absolute Gasteiger partial charge is 0.496 e. The van der Waals surface area contributed by atoms with E-state index in [1.54, 1.807) is 18.3 Å². The monoisotopic (exact) mass is 542 g/mol. The molecule has 0 radical (unpaired) electrons. The molecular weight excluding hydrogens is 504 g/mol. The molecule has 10 heteroatoms. The third-order valence-electron chi connectivity index (χ3n) is 8.21. The number of ether oxygens (including phenoxy) is 2. The molecule has 5 rings (SSSR count). The number of sulfonamides is 1. The molecule has 3 aliphatic heterocycles. The van der Waals surface area contributed by atoms with Crippen molar-refractivity contribution < 1.29 is 22.7 Å². The first-order valence-corrected chi connectivity index (χ1v) is 15.1. The van der Waals surface area contributed by atoms with E-state index in [4.69, 9.17) is 15.2 Å². The Morgan fingerprint density at radius 2 is 1.89 bits per heavy atom. The van der Waals surface area contributed by atoms with Gasteiger partial charge < -0.3 is 20.5 Å². The van der Waals surface area contributed by atoms with E-state index in [0.717, 1.165) is 79.3 Å². The molecule has 1 aromatic rings. The summed E-state index contributed by atoms with van der Waals surface area (Å²) in [6.45, 7) is 6.69. The molecule has 2 fully saturated rings. The number of benzene rings is 1. The van der Waals surface area contributed by atoms with E-state index in [0.29, 0.717) is 13.1 Å². The smallest absolute Gasteiger partial charge is 0.226 e. The first-order valence-electron chi connectivity index (χ1n) is 13.4. The summed E-state index contributed by atoms with van der Waals surface area (Å²) in [5.74, 6) is 0.336. The minimum atomic E-state index is -3.18. The number of methoxy groups -OCH3 is 1. The Bertz CT molecular complexity index is 1260. The van der Waals surface area contributed by atoms with Gasteiger partial charge in [-0.3, -0.25) is 9.69 Å². The fraction of sp³-hybridized carbons (Fsp3) is 0.536. The van der Waals surface area contributed by atoms with Crippen LogP contribution in [0.25, 0.3) is 5.57 Å². The molecule has 2 atom stereocenters. The van der Waals surface area contributed by atoms with Crippen LogP contribution in [0.15, 0.2) is 47.7 Å². The summed E-state index contributed by atoms with van der Waals surface area (Å²) in [5, 5.41) is 3.40. The zero-order chi connectivity index (χ0) is 26.9. The van der Waals surface area contributed by atoms with Gasteiger partial charge in [-0.05, 0) is 66.2 Å². The van der Waals surface area contributed by atoms with Gasteiger partial charge in [-0.25, -0.2) is 12.7 Å². The second kappa shape index (κ2) is 11.2. The molecule has 1 aromatic carbocycles. The van der Waals surface area contributed by atoms with E-state index in [9.17, 15) is 13.2 Å². The Balaban J connectivity index is 1.41. The summed E-state index contributed by atoms with van der Waals surface area (Å²) in [6, 6.07) is 5.97. The van der Waals surface area contributed by atoms with Crippen LogP contribution >= 0.6 is 0 Å². The lowest BCUT2D eigenvalue weighted by atomic mass is 9.77. The highest BCUT2D eigenvalue weighted by Gasteiger charge is 2.39. The molecule has 0 bridgehead atoms. The zero-order valence-corrected chi connectivity index (χ0v) is 23.0. The highest BCUT2D eigenvalue weighted by Crippen LogP contribution is 2.41. The molecule has 0 spiro atoms. The Labute approximate surface area is 225 Å². The van der Waals surface area contributed by atoms with E-state index in [2.05, 4.69) is 22.4 Å². The number of nitrogens with two attached hydrogens (primary N) is 1. The van der Waals surface area contributed by atoms with Gasteiger partial charge in [0, 0.05) is 44.5 Å². The van der Waals surface area contributed by atoms with Crippen LogP contribution in [0.3, 0.4) is 0 Å². The Morgan fingerprint density at radius 1 is 1.16 bits per heavy atom. The van der Waals surface area contributed by atoms with Crippen LogP contribution in [0.4, 0.5) is 0 Å². The lowest BCUT2D eigenvalue weighted by molar-refractivity contribution is -0.120. The number of rotatable bonds is 8. The van der Waals surface area contributed by atoms with Crippen molar-refractivity contribution in [3.05, 3.63) is 58.8 Å². The summed E-state index contributed by atoms with van der Waals surface area (Å²) < 4.78 is 37.4. The summed E-state index contributed by atoms with van der Waals surface area (Å²) in [7, 11) is -1.50. The van der Waals surface area contributed by atoms with E-state index < -0.39 is 15.9 Å². The first kappa shape index (κ1) is 26.9. The molecule has 1 aliphatic carbocycles. The van der Waals surface area contributed by atoms with Gasteiger partial charge in [0.15, 0.2) is 0 Å². The Kier molecular flexibility index (Phi) is 7.95. The predicted octanol–water partition coefficient (Wildman–Crippen LogP) is 1.87. The molecule has 1 amide bonds. The molecule has 38 heavy (non-hydrogen) atoms. The third-order valence-corrected chi connectivity index (χ3v) is 10.1. The standard InChI is InChI=1S/C28H38N4O5S/c1-3-38(34,35)32-8-6-19(7-9-32)25-17-30-27-23(25)15-21(16-24(27)28(29)33)20-4-5-26(36-2)22(14-20)18-31-10-12-37-13-11-31/h4-5,14-17,19,24,27,30H,3,6-13,18H2,1-2H3,(H2,29,33). The van der Waals surface area contributed by atoms with Crippen molar-refractivity contribution >= 4 is 21.5 Å². The second-order valence-corrected chi connectivity index (χ2v) is 12.6. The Hall–Kier alpha value is -2.66. The number of allylic oxidation sites excluding steroid dienone is 2. The summed E-state index contributed by atoms with van der Waals surface area (Å²) in [6.07, 6.45) is 7.66. The molecule has 0 aromatic heterocycles. The molecular formula is C28H38N4O5S. The number of piperidine rings is 1. The second-order valence-electron chi connectivity index (χ2n) is 10.4. The normalized spacial score (nSPS) is 25.2. The average Bonchev–Trinajstić information content (AvgIpc) is 3.37. The number of fused-ring (bicyclic) bond motifs is 1. The van der Waals surface area contributed by atoms with Crippen molar-refractivity contribution in [3.63, 3.8) is 0 Å². The van der Waals surface area contributed by atoms with Gasteiger partial charge in [-0.2, -0.15) is 0 Å². The van der Waals surface area contributed by atoms with Crippen molar-refractivity contribution in [1.82, 2.24) is 14.5 Å². The molecule has 3 heterocycles. The highest BCUT2D eigenvalue weighted by molar-refractivity contribution is 7.89. The van der Waals surface area contributed by atoms with Gasteiger partial charge in [-0.1, -0.05) is 12.1 Å². The third kappa shape index (κ3) is 5.40. The molecule has 0 saturated carbocycles. The van der Waals surface area contributed by atoms with Crippen molar-refractivity contribution in [2.45, 2.75) is 32.4 Å². The number of nitrogens with one attached hydrogen (secondary N) is 1. The number of carbonyl (C=O) groups excluding carboxylic acids is 1. The number of primary amides is 1. The van der Waals surface area contributed by atoms with Crippen LogP contribution in [-0.4, -0.2) is 81.8 Å². The predicted molar refractivity (Wildman–Crippen MR) is 147 cm³/mol. The molecule has 4 aliphatic rings. The van der Waals surface area contributed by atoms with Crippen molar-refractivity contribution in [2.24, 2.45) is 17.6 Å². The van der Waals surface area contributed by atoms with Crippen LogP contribution in [0.5, 0.6) is 5.75 Å². The van der Waals surface area contributed by atoms with Crippen LogP contribution in [-0.2, 0) is 26.1 Å². The molecule has 9 nitrogen and oxygen atoms in total. The molecule has 2 saturated heterocycles. The van der Waals surface area contributed by atoms with Crippen LogP contribution in [0, 0.1) is 11.8 Å². The molecule has 3 N–H and O–H groups in total. The highest BCUT2D eigenvalue weighted by atomic mass is 32.2. The van der Waals surface area contributed by atoms with Crippen LogP contribution < -0.4 is 15.8 Å². The fourth-order valence-electron chi connectivity index (χ4n) is 6.00. The average molecular weight is 543 g/mol. The Morgan fingerprint density at radius 3 is 2.55 bits per heavy atom. The quantitative estimate of drug-likeness (QED) is 0.516. The maximum Gasteiger partial charge on any atom is 0.226 e. The van der Waals surface area contributed by atoms with Gasteiger partial charge in [0.1, 0.15) is 5.75 Å². The van der Waals surface area contributed by atoms with E-state index in [1.165, 1.54) is 0 Å². The summed E-state index contributed by atoms with van der Waals surface area (Å²) in [4.78, 5) is 14.9. The topological polar surface area (TPSA) is 114 Å². The summed E-state index contributed by atoms with van der Waals surface area (Å²) >= 11 is 0. The van der Waals surface area contributed by atoms with E-state index >= 15 is 0 Å². The lowest BCUT2D eigenvalue weighted by Crippen LogP contribution is -2.41. The molecule has 206 valence electrons. The summed E-state index contributed by atoms with van der Waals surface area (Å²) in [5.41, 5.74) is 11.2. The minimum Gasteiger partial charge on any atom is -0.496 e. The molecule has 2 unspecified atom stereocenters. The maximum absolute atomic E-state index is 12.5. The van der Waals surface area contributed by atoms with Gasteiger partial charge in [0.25, 0.3) is 0 Å². The van der Waals surface area contributed by atoms with Gasteiger partial charge in [0.2, 0.25) is 15.9 Å². The first-order chi connectivity index (χ1) is 18.3. The van der Waals surface area contributed by atoms with Crippen molar-refractivity contribution in [2.75, 3.05) is 52.3 Å². The van der Waals surface area contributed by atoms with Crippen LogP contribution in [0.1, 0.15) is 30.9 Å². The van der Waals surface area contributed by atoms with Gasteiger partial charge >= 0.3 is 0 Å². The fourth-order valence-corrected chi connectivity index (χ4v) is 7.13. The minimum absolute atomic E-state index is 0.124. The number of hydrogen-bond acceptors (Lipinski definition) is 7. The number of amides is 1. The number of carbonyl (C=O) groups is 1. The van der Waals surface area contributed by atoms with Gasteiger partial charge in [-0.15, -0.1) is 0 Å². The van der Waals surface area contributed by atoms with Gasteiger partial charge in [0.05, 0.1) is 38.0 Å². The van der Waals surface area contributed by atoms with E-state index in [1.807, 2.05) is 24.4 Å².